The minimum absolute atomic E-state index is 0.428. The molecule has 1 heterocycles. The lowest BCUT2D eigenvalue weighted by Crippen LogP contribution is -2.48. The Bertz CT molecular complexity index is 262. The van der Waals surface area contributed by atoms with Gasteiger partial charge >= 0.3 is 0 Å². The summed E-state index contributed by atoms with van der Waals surface area (Å²) in [6.45, 7) is 5.94. The molecule has 0 atom stereocenters. The first-order valence-electron chi connectivity index (χ1n) is 7.75. The van der Waals surface area contributed by atoms with Crippen molar-refractivity contribution in [3.05, 3.63) is 0 Å². The SMILES string of the molecule is COCC1(CN(CC2CC2)C2CC2)CCNCC1. The van der Waals surface area contributed by atoms with E-state index in [4.69, 9.17) is 4.74 Å². The number of hydrogen-bond donors (Lipinski definition) is 1. The van der Waals surface area contributed by atoms with Gasteiger partial charge in [0.05, 0.1) is 6.61 Å². The summed E-state index contributed by atoms with van der Waals surface area (Å²) in [5.41, 5.74) is 0.428. The van der Waals surface area contributed by atoms with Gasteiger partial charge in [-0.15, -0.1) is 0 Å². The van der Waals surface area contributed by atoms with Gasteiger partial charge in [0.2, 0.25) is 0 Å². The summed E-state index contributed by atoms with van der Waals surface area (Å²) in [6.07, 6.45) is 8.40. The van der Waals surface area contributed by atoms with Crippen LogP contribution in [0.3, 0.4) is 0 Å². The molecular formula is C15H28N2O. The molecule has 0 bridgehead atoms. The normalized spacial score (nSPS) is 27.7. The van der Waals surface area contributed by atoms with Crippen molar-refractivity contribution in [3.8, 4) is 0 Å². The number of nitrogens with zero attached hydrogens (tertiary/aromatic N) is 1. The lowest BCUT2D eigenvalue weighted by molar-refractivity contribution is 0.0189. The van der Waals surface area contributed by atoms with Crippen LogP contribution in [-0.4, -0.2) is 50.8 Å². The molecule has 3 fully saturated rings. The van der Waals surface area contributed by atoms with E-state index in [1.807, 2.05) is 7.11 Å². The van der Waals surface area contributed by atoms with Crippen LogP contribution in [0.5, 0.6) is 0 Å². The molecule has 2 saturated carbocycles. The van der Waals surface area contributed by atoms with E-state index < -0.39 is 0 Å². The Balaban J connectivity index is 1.61. The van der Waals surface area contributed by atoms with Gasteiger partial charge in [-0.25, -0.2) is 0 Å². The highest BCUT2D eigenvalue weighted by Gasteiger charge is 2.40. The van der Waals surface area contributed by atoms with Crippen LogP contribution in [0, 0.1) is 11.3 Å². The number of ether oxygens (including phenoxy) is 1. The van der Waals surface area contributed by atoms with Crippen molar-refractivity contribution in [1.29, 1.82) is 0 Å². The lowest BCUT2D eigenvalue weighted by atomic mass is 9.79. The number of piperidine rings is 1. The molecule has 1 aliphatic heterocycles. The molecule has 104 valence electrons. The van der Waals surface area contributed by atoms with Crippen molar-refractivity contribution in [1.82, 2.24) is 10.2 Å². The molecule has 3 nitrogen and oxygen atoms in total. The molecule has 0 aromatic carbocycles. The third-order valence-corrected chi connectivity index (χ3v) is 4.91. The van der Waals surface area contributed by atoms with Crippen LogP contribution < -0.4 is 5.32 Å². The fraction of sp³-hybridized carbons (Fsp3) is 1.00. The summed E-state index contributed by atoms with van der Waals surface area (Å²) in [7, 11) is 1.87. The maximum absolute atomic E-state index is 5.55. The molecule has 2 aliphatic carbocycles. The third kappa shape index (κ3) is 3.25. The molecule has 18 heavy (non-hydrogen) atoms. The highest BCUT2D eigenvalue weighted by Crippen LogP contribution is 2.39. The Kier molecular flexibility index (Phi) is 3.92. The van der Waals surface area contributed by atoms with Crippen LogP contribution in [0.4, 0.5) is 0 Å². The van der Waals surface area contributed by atoms with Gasteiger partial charge in [0.1, 0.15) is 0 Å². The summed E-state index contributed by atoms with van der Waals surface area (Å²) < 4.78 is 5.55. The van der Waals surface area contributed by atoms with Crippen LogP contribution in [0.15, 0.2) is 0 Å². The fourth-order valence-corrected chi connectivity index (χ4v) is 3.46. The van der Waals surface area contributed by atoms with Gasteiger partial charge in [-0.05, 0) is 57.5 Å². The summed E-state index contributed by atoms with van der Waals surface area (Å²) in [5.74, 6) is 1.02. The molecule has 0 amide bonds. The monoisotopic (exact) mass is 252 g/mol. The minimum Gasteiger partial charge on any atom is -0.384 e. The van der Waals surface area contributed by atoms with E-state index in [-0.39, 0.29) is 0 Å². The van der Waals surface area contributed by atoms with Gasteiger partial charge in [-0.1, -0.05) is 0 Å². The third-order valence-electron chi connectivity index (χ3n) is 4.91. The van der Waals surface area contributed by atoms with Crippen molar-refractivity contribution in [2.24, 2.45) is 11.3 Å². The second-order valence-electron chi connectivity index (χ2n) is 6.79. The molecule has 3 aliphatic rings. The maximum atomic E-state index is 5.55. The van der Waals surface area contributed by atoms with E-state index in [1.54, 1.807) is 0 Å². The fourth-order valence-electron chi connectivity index (χ4n) is 3.46. The van der Waals surface area contributed by atoms with Crippen LogP contribution >= 0.6 is 0 Å². The number of rotatable bonds is 7. The zero-order valence-corrected chi connectivity index (χ0v) is 11.8. The second kappa shape index (κ2) is 5.48. The first kappa shape index (κ1) is 12.9. The second-order valence-corrected chi connectivity index (χ2v) is 6.79. The summed E-state index contributed by atoms with van der Waals surface area (Å²) >= 11 is 0. The first-order valence-corrected chi connectivity index (χ1v) is 7.75. The quantitative estimate of drug-likeness (QED) is 0.749. The molecular weight excluding hydrogens is 224 g/mol. The Labute approximate surface area is 111 Å². The van der Waals surface area contributed by atoms with Gasteiger partial charge in [0, 0.05) is 31.7 Å². The zero-order valence-electron chi connectivity index (χ0n) is 11.8. The van der Waals surface area contributed by atoms with Crippen molar-refractivity contribution >= 4 is 0 Å². The van der Waals surface area contributed by atoms with Crippen molar-refractivity contribution < 1.29 is 4.74 Å². The van der Waals surface area contributed by atoms with Crippen LogP contribution in [-0.2, 0) is 4.74 Å². The standard InChI is InChI=1S/C15H28N2O/c1-18-12-15(6-8-16-9-7-15)11-17(14-4-5-14)10-13-2-3-13/h13-14,16H,2-12H2,1H3. The van der Waals surface area contributed by atoms with E-state index in [1.165, 1.54) is 64.7 Å². The average molecular weight is 252 g/mol. The summed E-state index contributed by atoms with van der Waals surface area (Å²) in [5, 5.41) is 3.50. The average Bonchev–Trinajstić information content (AvgIpc) is 3.24. The Morgan fingerprint density at radius 2 is 1.89 bits per heavy atom. The number of hydrogen-bond acceptors (Lipinski definition) is 3. The van der Waals surface area contributed by atoms with Gasteiger partial charge in [0.25, 0.3) is 0 Å². The van der Waals surface area contributed by atoms with E-state index in [9.17, 15) is 0 Å². The molecule has 0 unspecified atom stereocenters. The molecule has 1 saturated heterocycles. The Morgan fingerprint density at radius 1 is 1.17 bits per heavy atom. The zero-order chi connectivity index (χ0) is 12.4. The van der Waals surface area contributed by atoms with Crippen LogP contribution in [0.25, 0.3) is 0 Å². The Hall–Kier alpha value is -0.120. The predicted molar refractivity (Wildman–Crippen MR) is 73.7 cm³/mol. The Morgan fingerprint density at radius 3 is 2.44 bits per heavy atom. The predicted octanol–water partition coefficient (Wildman–Crippen LogP) is 1.88. The van der Waals surface area contributed by atoms with Gasteiger partial charge in [-0.2, -0.15) is 0 Å². The van der Waals surface area contributed by atoms with E-state index in [0.29, 0.717) is 5.41 Å². The smallest absolute Gasteiger partial charge is 0.0531 e. The molecule has 3 heteroatoms. The largest absolute Gasteiger partial charge is 0.384 e. The van der Waals surface area contributed by atoms with Gasteiger partial charge < -0.3 is 10.1 Å². The van der Waals surface area contributed by atoms with Gasteiger partial charge in [-0.3, -0.25) is 4.90 Å². The summed E-state index contributed by atoms with van der Waals surface area (Å²) in [6, 6.07) is 0.911. The van der Waals surface area contributed by atoms with E-state index in [0.717, 1.165) is 18.6 Å². The molecule has 0 spiro atoms. The van der Waals surface area contributed by atoms with Crippen LogP contribution in [0.1, 0.15) is 38.5 Å². The summed E-state index contributed by atoms with van der Waals surface area (Å²) in [4.78, 5) is 2.81. The molecule has 0 aromatic heterocycles. The number of nitrogens with one attached hydrogen (secondary N) is 1. The van der Waals surface area contributed by atoms with Crippen molar-refractivity contribution in [2.45, 2.75) is 44.6 Å². The van der Waals surface area contributed by atoms with Crippen molar-refractivity contribution in [2.75, 3.05) is 39.9 Å². The molecule has 1 N–H and O–H groups in total. The minimum atomic E-state index is 0.428. The van der Waals surface area contributed by atoms with Crippen LogP contribution in [0.2, 0.25) is 0 Å². The van der Waals surface area contributed by atoms with E-state index >= 15 is 0 Å². The molecule has 0 radical (unpaired) electrons. The highest BCUT2D eigenvalue weighted by molar-refractivity contribution is 4.94. The van der Waals surface area contributed by atoms with Crippen molar-refractivity contribution in [3.63, 3.8) is 0 Å². The first-order chi connectivity index (χ1) is 8.81. The molecule has 3 rings (SSSR count). The molecule has 0 aromatic rings. The number of methoxy groups -OCH3 is 1. The van der Waals surface area contributed by atoms with E-state index in [2.05, 4.69) is 10.2 Å². The maximum Gasteiger partial charge on any atom is 0.0531 e. The van der Waals surface area contributed by atoms with Gasteiger partial charge in [0.15, 0.2) is 0 Å². The highest BCUT2D eigenvalue weighted by atomic mass is 16.5. The topological polar surface area (TPSA) is 24.5 Å². The lowest BCUT2D eigenvalue weighted by Gasteiger charge is -2.41.